The van der Waals surface area contributed by atoms with Gasteiger partial charge in [-0.2, -0.15) is 4.80 Å². The second kappa shape index (κ2) is 3.58. The van der Waals surface area contributed by atoms with Crippen LogP contribution >= 0.6 is 0 Å². The summed E-state index contributed by atoms with van der Waals surface area (Å²) < 4.78 is 0. The van der Waals surface area contributed by atoms with Gasteiger partial charge in [-0.15, -0.1) is 10.2 Å². The number of aromatic nitrogens is 4. The van der Waals surface area contributed by atoms with E-state index in [0.29, 0.717) is 25.2 Å². The van der Waals surface area contributed by atoms with E-state index in [1.165, 1.54) is 4.80 Å². The summed E-state index contributed by atoms with van der Waals surface area (Å²) in [7, 11) is 1.67. The summed E-state index contributed by atoms with van der Waals surface area (Å²) in [4.78, 5) is 12.4. The molecule has 1 aliphatic rings. The van der Waals surface area contributed by atoms with E-state index in [2.05, 4.69) is 20.7 Å². The molecular weight excluding hydrogens is 198 g/mol. The molecule has 0 bridgehead atoms. The van der Waals surface area contributed by atoms with Crippen LogP contribution in [0.3, 0.4) is 0 Å². The molecule has 0 spiro atoms. The molecule has 0 aromatic carbocycles. The fourth-order valence-electron chi connectivity index (χ4n) is 1.64. The summed E-state index contributed by atoms with van der Waals surface area (Å²) in [6.07, 6.45) is 2.29. The smallest absolute Gasteiger partial charge is 0.323 e. The number of aryl methyl sites for hydroxylation is 1. The second-order valence-electron chi connectivity index (χ2n) is 3.79. The van der Waals surface area contributed by atoms with Crippen LogP contribution in [-0.4, -0.2) is 36.8 Å². The van der Waals surface area contributed by atoms with Gasteiger partial charge in [0.15, 0.2) is 5.82 Å². The van der Waals surface area contributed by atoms with Gasteiger partial charge in [-0.25, -0.2) is 0 Å². The Kier molecular flexibility index (Phi) is 2.39. The molecular formula is C8H13N5O2. The molecule has 0 saturated heterocycles. The molecule has 7 nitrogen and oxygen atoms in total. The highest BCUT2D eigenvalue weighted by atomic mass is 16.4. The molecule has 2 rings (SSSR count). The maximum atomic E-state index is 11.0. The summed E-state index contributed by atoms with van der Waals surface area (Å²) in [6.45, 7) is 0.347. The zero-order chi connectivity index (χ0) is 10.9. The number of tetrazole rings is 1. The highest BCUT2D eigenvalue weighted by Crippen LogP contribution is 2.32. The first-order valence-corrected chi connectivity index (χ1v) is 4.84. The van der Waals surface area contributed by atoms with Gasteiger partial charge in [0, 0.05) is 0 Å². The van der Waals surface area contributed by atoms with Crippen LogP contribution in [0, 0.1) is 0 Å². The zero-order valence-electron chi connectivity index (χ0n) is 8.47. The molecule has 0 aliphatic heterocycles. The molecule has 1 saturated carbocycles. The number of carboxylic acids is 1. The Morgan fingerprint density at radius 3 is 2.80 bits per heavy atom. The molecule has 1 aliphatic carbocycles. The van der Waals surface area contributed by atoms with Gasteiger partial charge in [-0.05, 0) is 24.5 Å². The number of nitrogens with zero attached hydrogens (tertiary/aromatic N) is 4. The van der Waals surface area contributed by atoms with Gasteiger partial charge in [0.05, 0.1) is 13.6 Å². The largest absolute Gasteiger partial charge is 0.480 e. The third-order valence-electron chi connectivity index (χ3n) is 2.75. The van der Waals surface area contributed by atoms with Crippen molar-refractivity contribution in [3.63, 3.8) is 0 Å². The predicted molar refractivity (Wildman–Crippen MR) is 49.9 cm³/mol. The average Bonchev–Trinajstić information content (AvgIpc) is 2.49. The van der Waals surface area contributed by atoms with Gasteiger partial charge >= 0.3 is 5.97 Å². The highest BCUT2D eigenvalue weighted by molar-refractivity contribution is 5.79. The molecule has 0 unspecified atom stereocenters. The summed E-state index contributed by atoms with van der Waals surface area (Å²) in [5, 5.41) is 23.5. The zero-order valence-corrected chi connectivity index (χ0v) is 8.47. The number of nitrogens with one attached hydrogen (secondary N) is 1. The van der Waals surface area contributed by atoms with Gasteiger partial charge in [0.1, 0.15) is 5.54 Å². The van der Waals surface area contributed by atoms with Crippen molar-refractivity contribution >= 4 is 5.97 Å². The van der Waals surface area contributed by atoms with E-state index in [1.807, 2.05) is 0 Å². The van der Waals surface area contributed by atoms with E-state index in [0.717, 1.165) is 6.42 Å². The van der Waals surface area contributed by atoms with E-state index in [4.69, 9.17) is 5.11 Å². The number of carboxylic acid groups (broad SMARTS) is 1. The molecule has 15 heavy (non-hydrogen) atoms. The number of rotatable bonds is 4. The van der Waals surface area contributed by atoms with Gasteiger partial charge in [0.2, 0.25) is 0 Å². The Hall–Kier alpha value is -1.50. The summed E-state index contributed by atoms with van der Waals surface area (Å²) >= 11 is 0. The molecule has 0 radical (unpaired) electrons. The van der Waals surface area contributed by atoms with Crippen LogP contribution in [0.25, 0.3) is 0 Å². The fourth-order valence-corrected chi connectivity index (χ4v) is 1.64. The van der Waals surface area contributed by atoms with E-state index >= 15 is 0 Å². The minimum atomic E-state index is -0.794. The Bertz CT molecular complexity index is 371. The Morgan fingerprint density at radius 2 is 2.40 bits per heavy atom. The van der Waals surface area contributed by atoms with E-state index in [-0.39, 0.29) is 0 Å². The molecule has 82 valence electrons. The number of hydrogen-bond acceptors (Lipinski definition) is 5. The molecule has 1 heterocycles. The van der Waals surface area contributed by atoms with E-state index in [1.54, 1.807) is 7.05 Å². The predicted octanol–water partition coefficient (Wildman–Crippen LogP) is -0.693. The third-order valence-corrected chi connectivity index (χ3v) is 2.75. The molecule has 0 amide bonds. The maximum absolute atomic E-state index is 11.0. The van der Waals surface area contributed by atoms with Crippen molar-refractivity contribution in [2.45, 2.75) is 31.3 Å². The first-order chi connectivity index (χ1) is 7.12. The molecule has 2 N–H and O–H groups in total. The average molecular weight is 211 g/mol. The monoisotopic (exact) mass is 211 g/mol. The lowest BCUT2D eigenvalue weighted by molar-refractivity contribution is -0.148. The highest BCUT2D eigenvalue weighted by Gasteiger charge is 2.44. The standard InChI is InChI=1S/C8H13N5O2/c1-13-11-6(10-12-13)5-9-8(7(14)15)3-2-4-8/h9H,2-5H2,1H3,(H,14,15). The van der Waals surface area contributed by atoms with Crippen LogP contribution < -0.4 is 5.32 Å². The van der Waals surface area contributed by atoms with Crippen molar-refractivity contribution in [3.05, 3.63) is 5.82 Å². The summed E-state index contributed by atoms with van der Waals surface area (Å²) in [6, 6.07) is 0. The molecule has 1 aromatic heterocycles. The molecule has 1 fully saturated rings. The van der Waals surface area contributed by atoms with Crippen LogP contribution in [0.5, 0.6) is 0 Å². The number of hydrogen-bond donors (Lipinski definition) is 2. The van der Waals surface area contributed by atoms with Crippen molar-refractivity contribution in [3.8, 4) is 0 Å². The molecule has 0 atom stereocenters. The van der Waals surface area contributed by atoms with E-state index in [9.17, 15) is 4.79 Å². The lowest BCUT2D eigenvalue weighted by Gasteiger charge is -2.38. The van der Waals surface area contributed by atoms with Crippen molar-refractivity contribution in [2.24, 2.45) is 7.05 Å². The summed E-state index contributed by atoms with van der Waals surface area (Å²) in [5.74, 6) is -0.275. The van der Waals surface area contributed by atoms with Crippen molar-refractivity contribution in [1.29, 1.82) is 0 Å². The first-order valence-electron chi connectivity index (χ1n) is 4.84. The second-order valence-corrected chi connectivity index (χ2v) is 3.79. The first kappa shape index (κ1) is 10.0. The maximum Gasteiger partial charge on any atom is 0.323 e. The van der Waals surface area contributed by atoms with Crippen LogP contribution in [-0.2, 0) is 18.4 Å². The van der Waals surface area contributed by atoms with Crippen molar-refractivity contribution < 1.29 is 9.90 Å². The van der Waals surface area contributed by atoms with Gasteiger partial charge < -0.3 is 5.11 Å². The van der Waals surface area contributed by atoms with Crippen LogP contribution in [0.2, 0.25) is 0 Å². The number of aliphatic carboxylic acids is 1. The van der Waals surface area contributed by atoms with Crippen LogP contribution in [0.15, 0.2) is 0 Å². The third kappa shape index (κ3) is 1.82. The van der Waals surface area contributed by atoms with Gasteiger partial charge in [-0.1, -0.05) is 0 Å². The Balaban J connectivity index is 1.95. The normalized spacial score (nSPS) is 18.5. The van der Waals surface area contributed by atoms with Crippen LogP contribution in [0.1, 0.15) is 25.1 Å². The quantitative estimate of drug-likeness (QED) is 0.684. The van der Waals surface area contributed by atoms with Crippen LogP contribution in [0.4, 0.5) is 0 Å². The lowest BCUT2D eigenvalue weighted by Crippen LogP contribution is -2.56. The number of carbonyl (C=O) groups is 1. The molecule has 1 aromatic rings. The minimum absolute atomic E-state index is 0.347. The topological polar surface area (TPSA) is 92.9 Å². The van der Waals surface area contributed by atoms with Gasteiger partial charge in [-0.3, -0.25) is 10.1 Å². The summed E-state index contributed by atoms with van der Waals surface area (Å²) in [5.41, 5.74) is -0.765. The van der Waals surface area contributed by atoms with Crippen molar-refractivity contribution in [2.75, 3.05) is 0 Å². The SMILES string of the molecule is Cn1nnc(CNC2(C(=O)O)CCC2)n1. The Morgan fingerprint density at radius 1 is 1.67 bits per heavy atom. The Labute approximate surface area is 86.5 Å². The minimum Gasteiger partial charge on any atom is -0.480 e. The van der Waals surface area contributed by atoms with Gasteiger partial charge in [0.25, 0.3) is 0 Å². The van der Waals surface area contributed by atoms with E-state index < -0.39 is 11.5 Å². The molecule has 7 heteroatoms. The fraction of sp³-hybridized carbons (Fsp3) is 0.750. The lowest BCUT2D eigenvalue weighted by atomic mass is 9.77. The van der Waals surface area contributed by atoms with Crippen molar-refractivity contribution in [1.82, 2.24) is 25.5 Å².